The van der Waals surface area contributed by atoms with Crippen LogP contribution in [-0.2, 0) is 4.79 Å². The zero-order valence-corrected chi connectivity index (χ0v) is 13.4. The molecule has 0 spiro atoms. The lowest BCUT2D eigenvalue weighted by Gasteiger charge is -2.32. The molecular weight excluding hydrogens is 272 g/mol. The van der Waals surface area contributed by atoms with Gasteiger partial charge in [-0.3, -0.25) is 4.79 Å². The van der Waals surface area contributed by atoms with Crippen molar-refractivity contribution in [1.82, 2.24) is 10.2 Å². The van der Waals surface area contributed by atoms with E-state index in [1.165, 1.54) is 11.1 Å². The summed E-state index contributed by atoms with van der Waals surface area (Å²) in [6.07, 6.45) is 8.85. The Hall–Kier alpha value is -1.61. The molecule has 3 nitrogen and oxygen atoms in total. The summed E-state index contributed by atoms with van der Waals surface area (Å²) in [7, 11) is 0. The van der Waals surface area contributed by atoms with E-state index in [2.05, 4.69) is 53.6 Å². The van der Waals surface area contributed by atoms with Gasteiger partial charge in [0.2, 0.25) is 5.91 Å². The fraction of sp³-hybridized carbons (Fsp3) is 0.526. The molecule has 2 aliphatic heterocycles. The van der Waals surface area contributed by atoms with Gasteiger partial charge in [0.1, 0.15) is 0 Å². The van der Waals surface area contributed by atoms with Gasteiger partial charge in [0.25, 0.3) is 0 Å². The standard InChI is InChI=1S/C19H26N2O/c1-15-4-6-16(7-5-15)8-9-17-10-13-21(14-11-17)19(22)18-3-2-12-20-18/h4-9,17-18,20H,2-3,10-14H2,1H3/b9-8+/t18-/m0/s1. The lowest BCUT2D eigenvalue weighted by molar-refractivity contribution is -0.134. The molecule has 0 aliphatic carbocycles. The Kier molecular flexibility index (Phi) is 4.94. The molecule has 0 bridgehead atoms. The number of benzene rings is 1. The average molecular weight is 298 g/mol. The summed E-state index contributed by atoms with van der Waals surface area (Å²) >= 11 is 0. The van der Waals surface area contributed by atoms with Gasteiger partial charge in [-0.05, 0) is 50.6 Å². The van der Waals surface area contributed by atoms with Crippen LogP contribution in [0.5, 0.6) is 0 Å². The molecule has 2 fully saturated rings. The molecule has 0 radical (unpaired) electrons. The molecule has 1 N–H and O–H groups in total. The highest BCUT2D eigenvalue weighted by atomic mass is 16.2. The number of nitrogens with zero attached hydrogens (tertiary/aromatic N) is 1. The minimum Gasteiger partial charge on any atom is -0.341 e. The molecule has 1 amide bonds. The molecule has 1 aromatic carbocycles. The molecular formula is C19H26N2O. The molecule has 3 heteroatoms. The Bertz CT molecular complexity index is 521. The van der Waals surface area contributed by atoms with Gasteiger partial charge in [0, 0.05) is 13.1 Å². The second-order valence-electron chi connectivity index (χ2n) is 6.58. The van der Waals surface area contributed by atoms with E-state index in [0.717, 1.165) is 45.3 Å². The lowest BCUT2D eigenvalue weighted by atomic mass is 9.95. The fourth-order valence-corrected chi connectivity index (χ4v) is 3.35. The summed E-state index contributed by atoms with van der Waals surface area (Å²) in [6, 6.07) is 8.71. The van der Waals surface area contributed by atoms with E-state index in [1.807, 2.05) is 0 Å². The summed E-state index contributed by atoms with van der Waals surface area (Å²) in [5.41, 5.74) is 2.56. The van der Waals surface area contributed by atoms with E-state index in [9.17, 15) is 4.79 Å². The van der Waals surface area contributed by atoms with E-state index in [4.69, 9.17) is 0 Å². The highest BCUT2D eigenvalue weighted by molar-refractivity contribution is 5.82. The van der Waals surface area contributed by atoms with Crippen LogP contribution in [0.15, 0.2) is 30.3 Å². The summed E-state index contributed by atoms with van der Waals surface area (Å²) in [5, 5.41) is 3.31. The number of carbonyl (C=O) groups is 1. The molecule has 118 valence electrons. The Morgan fingerprint density at radius 3 is 2.55 bits per heavy atom. The predicted octanol–water partition coefficient (Wildman–Crippen LogP) is 3.00. The number of aryl methyl sites for hydroxylation is 1. The number of hydrogen-bond donors (Lipinski definition) is 1. The molecule has 2 saturated heterocycles. The molecule has 0 unspecified atom stereocenters. The van der Waals surface area contributed by atoms with Crippen LogP contribution in [0, 0.1) is 12.8 Å². The second kappa shape index (κ2) is 7.10. The summed E-state index contributed by atoms with van der Waals surface area (Å²) in [6.45, 7) is 4.91. The zero-order valence-electron chi connectivity index (χ0n) is 13.4. The Balaban J connectivity index is 1.49. The van der Waals surface area contributed by atoms with Crippen molar-refractivity contribution in [2.75, 3.05) is 19.6 Å². The van der Waals surface area contributed by atoms with Crippen LogP contribution >= 0.6 is 0 Å². The molecule has 3 rings (SSSR count). The van der Waals surface area contributed by atoms with E-state index >= 15 is 0 Å². The first-order chi connectivity index (χ1) is 10.7. The quantitative estimate of drug-likeness (QED) is 0.930. The van der Waals surface area contributed by atoms with Crippen LogP contribution in [0.1, 0.15) is 36.8 Å². The Labute approximate surface area is 133 Å². The molecule has 2 aliphatic rings. The van der Waals surface area contributed by atoms with E-state index < -0.39 is 0 Å². The Morgan fingerprint density at radius 1 is 1.18 bits per heavy atom. The number of nitrogens with one attached hydrogen (secondary N) is 1. The number of piperidine rings is 1. The van der Waals surface area contributed by atoms with Gasteiger partial charge in [0.15, 0.2) is 0 Å². The van der Waals surface area contributed by atoms with E-state index in [1.54, 1.807) is 0 Å². The first-order valence-electron chi connectivity index (χ1n) is 8.49. The van der Waals surface area contributed by atoms with Gasteiger partial charge in [-0.15, -0.1) is 0 Å². The third-order valence-electron chi connectivity index (χ3n) is 4.85. The number of rotatable bonds is 3. The first-order valence-corrected chi connectivity index (χ1v) is 8.49. The third kappa shape index (κ3) is 3.77. The fourth-order valence-electron chi connectivity index (χ4n) is 3.35. The normalized spacial score (nSPS) is 23.3. The van der Waals surface area contributed by atoms with Crippen LogP contribution in [0.4, 0.5) is 0 Å². The van der Waals surface area contributed by atoms with E-state index in [0.29, 0.717) is 11.8 Å². The topological polar surface area (TPSA) is 32.3 Å². The van der Waals surface area contributed by atoms with Crippen molar-refractivity contribution in [2.24, 2.45) is 5.92 Å². The van der Waals surface area contributed by atoms with Gasteiger partial charge < -0.3 is 10.2 Å². The van der Waals surface area contributed by atoms with Crippen LogP contribution in [-0.4, -0.2) is 36.5 Å². The number of hydrogen-bond acceptors (Lipinski definition) is 2. The summed E-state index contributed by atoms with van der Waals surface area (Å²) in [4.78, 5) is 14.4. The van der Waals surface area contributed by atoms with Crippen molar-refractivity contribution in [1.29, 1.82) is 0 Å². The monoisotopic (exact) mass is 298 g/mol. The largest absolute Gasteiger partial charge is 0.341 e. The highest BCUT2D eigenvalue weighted by Gasteiger charge is 2.29. The first kappa shape index (κ1) is 15.3. The number of amides is 1. The van der Waals surface area contributed by atoms with Crippen LogP contribution < -0.4 is 5.32 Å². The lowest BCUT2D eigenvalue weighted by Crippen LogP contribution is -2.46. The van der Waals surface area contributed by atoms with Gasteiger partial charge in [-0.2, -0.15) is 0 Å². The van der Waals surface area contributed by atoms with Crippen molar-refractivity contribution in [2.45, 2.75) is 38.6 Å². The minimum absolute atomic E-state index is 0.0830. The van der Waals surface area contributed by atoms with Crippen molar-refractivity contribution in [3.05, 3.63) is 41.5 Å². The van der Waals surface area contributed by atoms with Crippen molar-refractivity contribution >= 4 is 12.0 Å². The molecule has 22 heavy (non-hydrogen) atoms. The smallest absolute Gasteiger partial charge is 0.239 e. The van der Waals surface area contributed by atoms with Crippen LogP contribution in [0.3, 0.4) is 0 Å². The molecule has 1 aromatic rings. The third-order valence-corrected chi connectivity index (χ3v) is 4.85. The molecule has 0 saturated carbocycles. The summed E-state index contributed by atoms with van der Waals surface area (Å²) < 4.78 is 0. The van der Waals surface area contributed by atoms with Crippen LogP contribution in [0.25, 0.3) is 6.08 Å². The number of carbonyl (C=O) groups excluding carboxylic acids is 1. The van der Waals surface area contributed by atoms with Gasteiger partial charge >= 0.3 is 0 Å². The average Bonchev–Trinajstić information content (AvgIpc) is 3.09. The maximum absolute atomic E-state index is 12.4. The van der Waals surface area contributed by atoms with Gasteiger partial charge in [-0.25, -0.2) is 0 Å². The predicted molar refractivity (Wildman–Crippen MR) is 90.5 cm³/mol. The maximum Gasteiger partial charge on any atom is 0.239 e. The minimum atomic E-state index is 0.0830. The number of likely N-dealkylation sites (tertiary alicyclic amines) is 1. The molecule has 1 atom stereocenters. The Morgan fingerprint density at radius 2 is 1.91 bits per heavy atom. The number of allylic oxidation sites excluding steroid dienone is 1. The van der Waals surface area contributed by atoms with E-state index in [-0.39, 0.29) is 6.04 Å². The van der Waals surface area contributed by atoms with Crippen molar-refractivity contribution < 1.29 is 4.79 Å². The molecule has 2 heterocycles. The van der Waals surface area contributed by atoms with Gasteiger partial charge in [0.05, 0.1) is 6.04 Å². The second-order valence-corrected chi connectivity index (χ2v) is 6.58. The maximum atomic E-state index is 12.4. The van der Waals surface area contributed by atoms with Gasteiger partial charge in [-0.1, -0.05) is 42.0 Å². The van der Waals surface area contributed by atoms with Crippen molar-refractivity contribution in [3.63, 3.8) is 0 Å². The molecule has 0 aromatic heterocycles. The van der Waals surface area contributed by atoms with Crippen LogP contribution in [0.2, 0.25) is 0 Å². The van der Waals surface area contributed by atoms with Crippen molar-refractivity contribution in [3.8, 4) is 0 Å². The summed E-state index contributed by atoms with van der Waals surface area (Å²) in [5.74, 6) is 0.917. The highest BCUT2D eigenvalue weighted by Crippen LogP contribution is 2.21. The SMILES string of the molecule is Cc1ccc(/C=C/C2CCN(C(=O)[C@@H]3CCCN3)CC2)cc1. The zero-order chi connectivity index (χ0) is 15.4.